The maximum absolute atomic E-state index is 12.2. The Hall–Kier alpha value is -1.47. The molecule has 0 bridgehead atoms. The van der Waals surface area contributed by atoms with Crippen molar-refractivity contribution in [3.63, 3.8) is 0 Å². The molecular formula is C18H28N2O4. The smallest absolute Gasteiger partial charge is 0.240 e. The van der Waals surface area contributed by atoms with Crippen LogP contribution in [0.25, 0.3) is 0 Å². The summed E-state index contributed by atoms with van der Waals surface area (Å²) in [6.07, 6.45) is -0.108. The predicted octanol–water partition coefficient (Wildman–Crippen LogP) is 1.23. The molecule has 0 aromatic heterocycles. The molecule has 1 heterocycles. The third-order valence-electron chi connectivity index (χ3n) is 3.90. The van der Waals surface area contributed by atoms with Crippen LogP contribution in [0.4, 0.5) is 0 Å². The molecule has 0 unspecified atom stereocenters. The first-order valence-electron chi connectivity index (χ1n) is 8.56. The quantitative estimate of drug-likeness (QED) is 0.664. The van der Waals surface area contributed by atoms with Gasteiger partial charge in [0.1, 0.15) is 6.04 Å². The molecule has 1 aromatic carbocycles. The standard InChI is InChI=1S/C18H28N2O4/c1-3-22-9-10-23-13-16-6-4-5-15(11-16)12-20-18(21)17-14(2)24-8-7-19-17/h4-6,11,14,17,19H,3,7-10,12-13H2,1-2H3,(H,20,21)/t14-,17+/m1/s1. The summed E-state index contributed by atoms with van der Waals surface area (Å²) < 4.78 is 16.3. The first-order valence-corrected chi connectivity index (χ1v) is 8.56. The molecule has 1 saturated heterocycles. The van der Waals surface area contributed by atoms with Crippen molar-refractivity contribution in [3.8, 4) is 0 Å². The van der Waals surface area contributed by atoms with Gasteiger partial charge in [-0.2, -0.15) is 0 Å². The van der Waals surface area contributed by atoms with Crippen LogP contribution in [0, 0.1) is 0 Å². The van der Waals surface area contributed by atoms with E-state index in [9.17, 15) is 4.79 Å². The van der Waals surface area contributed by atoms with Crippen molar-refractivity contribution < 1.29 is 19.0 Å². The number of ether oxygens (including phenoxy) is 3. The predicted molar refractivity (Wildman–Crippen MR) is 91.6 cm³/mol. The van der Waals surface area contributed by atoms with Crippen molar-refractivity contribution in [1.82, 2.24) is 10.6 Å². The first-order chi connectivity index (χ1) is 11.7. The molecule has 0 saturated carbocycles. The Morgan fingerprint density at radius 2 is 2.12 bits per heavy atom. The summed E-state index contributed by atoms with van der Waals surface area (Å²) in [5, 5.41) is 6.16. The van der Waals surface area contributed by atoms with Crippen LogP contribution in [-0.2, 0) is 32.2 Å². The summed E-state index contributed by atoms with van der Waals surface area (Å²) in [7, 11) is 0. The summed E-state index contributed by atoms with van der Waals surface area (Å²) in [6, 6.07) is 7.76. The number of nitrogens with one attached hydrogen (secondary N) is 2. The Morgan fingerprint density at radius 1 is 1.33 bits per heavy atom. The molecule has 0 radical (unpaired) electrons. The van der Waals surface area contributed by atoms with E-state index >= 15 is 0 Å². The summed E-state index contributed by atoms with van der Waals surface area (Å²) in [4.78, 5) is 12.2. The SMILES string of the molecule is CCOCCOCc1cccc(CNC(=O)[C@H]2NCCO[C@@H]2C)c1. The van der Waals surface area contributed by atoms with Crippen molar-refractivity contribution in [2.24, 2.45) is 0 Å². The normalized spacial score (nSPS) is 20.8. The van der Waals surface area contributed by atoms with Gasteiger partial charge in [-0.05, 0) is 25.0 Å². The molecule has 24 heavy (non-hydrogen) atoms. The van der Waals surface area contributed by atoms with Crippen LogP contribution in [0.15, 0.2) is 24.3 Å². The number of carbonyl (C=O) groups excluding carboxylic acids is 1. The number of amides is 1. The molecule has 2 rings (SSSR count). The summed E-state index contributed by atoms with van der Waals surface area (Å²) in [6.45, 7) is 8.18. The highest BCUT2D eigenvalue weighted by atomic mass is 16.5. The molecule has 6 nitrogen and oxygen atoms in total. The number of hydrogen-bond acceptors (Lipinski definition) is 5. The summed E-state index contributed by atoms with van der Waals surface area (Å²) in [5.41, 5.74) is 2.14. The fourth-order valence-electron chi connectivity index (χ4n) is 2.61. The molecule has 1 aromatic rings. The van der Waals surface area contributed by atoms with Crippen LogP contribution < -0.4 is 10.6 Å². The second kappa shape index (κ2) is 10.4. The van der Waals surface area contributed by atoms with Gasteiger partial charge < -0.3 is 24.8 Å². The van der Waals surface area contributed by atoms with Gasteiger partial charge in [-0.25, -0.2) is 0 Å². The van der Waals surface area contributed by atoms with Crippen LogP contribution in [0.5, 0.6) is 0 Å². The highest BCUT2D eigenvalue weighted by molar-refractivity contribution is 5.82. The van der Waals surface area contributed by atoms with Crippen LogP contribution in [0.1, 0.15) is 25.0 Å². The van der Waals surface area contributed by atoms with Crippen LogP contribution in [-0.4, -0.2) is 51.0 Å². The van der Waals surface area contributed by atoms with Gasteiger partial charge in [0.05, 0.1) is 32.5 Å². The van der Waals surface area contributed by atoms with E-state index in [1.54, 1.807) is 0 Å². The fourth-order valence-corrected chi connectivity index (χ4v) is 2.61. The van der Waals surface area contributed by atoms with Crippen molar-refractivity contribution >= 4 is 5.91 Å². The molecule has 1 amide bonds. The van der Waals surface area contributed by atoms with E-state index in [0.29, 0.717) is 46.1 Å². The molecule has 2 atom stereocenters. The van der Waals surface area contributed by atoms with Crippen molar-refractivity contribution in [2.75, 3.05) is 33.0 Å². The number of hydrogen-bond donors (Lipinski definition) is 2. The Kier molecular flexibility index (Phi) is 8.18. The topological polar surface area (TPSA) is 68.8 Å². The molecule has 1 fully saturated rings. The number of rotatable bonds is 9. The van der Waals surface area contributed by atoms with Crippen LogP contribution >= 0.6 is 0 Å². The van der Waals surface area contributed by atoms with Gasteiger partial charge in [-0.15, -0.1) is 0 Å². The molecular weight excluding hydrogens is 308 g/mol. The van der Waals surface area contributed by atoms with Crippen LogP contribution in [0.3, 0.4) is 0 Å². The molecule has 0 spiro atoms. The molecule has 134 valence electrons. The van der Waals surface area contributed by atoms with Gasteiger partial charge in [0.2, 0.25) is 5.91 Å². The zero-order valence-corrected chi connectivity index (χ0v) is 14.5. The first kappa shape index (κ1) is 18.9. The Morgan fingerprint density at radius 3 is 2.92 bits per heavy atom. The van der Waals surface area contributed by atoms with Crippen molar-refractivity contribution in [2.45, 2.75) is 39.1 Å². The second-order valence-electron chi connectivity index (χ2n) is 5.79. The van der Waals surface area contributed by atoms with E-state index in [2.05, 4.69) is 16.7 Å². The molecule has 6 heteroatoms. The maximum Gasteiger partial charge on any atom is 0.240 e. The lowest BCUT2D eigenvalue weighted by atomic mass is 10.1. The summed E-state index contributed by atoms with van der Waals surface area (Å²) in [5.74, 6) is -0.0273. The minimum atomic E-state index is -0.288. The molecule has 2 N–H and O–H groups in total. The minimum Gasteiger partial charge on any atom is -0.379 e. The van der Waals surface area contributed by atoms with Crippen LogP contribution in [0.2, 0.25) is 0 Å². The van der Waals surface area contributed by atoms with E-state index in [1.807, 2.05) is 32.0 Å². The lowest BCUT2D eigenvalue weighted by Gasteiger charge is -2.29. The highest BCUT2D eigenvalue weighted by Crippen LogP contribution is 2.08. The Bertz CT molecular complexity index is 510. The average molecular weight is 336 g/mol. The van der Waals surface area contributed by atoms with Gasteiger partial charge in [0.25, 0.3) is 0 Å². The molecule has 1 aliphatic heterocycles. The van der Waals surface area contributed by atoms with E-state index in [4.69, 9.17) is 14.2 Å². The lowest BCUT2D eigenvalue weighted by Crippen LogP contribution is -2.55. The second-order valence-corrected chi connectivity index (χ2v) is 5.79. The average Bonchev–Trinajstić information content (AvgIpc) is 2.60. The maximum atomic E-state index is 12.2. The van der Waals surface area contributed by atoms with E-state index < -0.39 is 0 Å². The zero-order chi connectivity index (χ0) is 17.2. The Labute approximate surface area is 143 Å². The van der Waals surface area contributed by atoms with Gasteiger partial charge in [-0.3, -0.25) is 4.79 Å². The molecule has 1 aliphatic rings. The van der Waals surface area contributed by atoms with Gasteiger partial charge in [0.15, 0.2) is 0 Å². The third-order valence-corrected chi connectivity index (χ3v) is 3.90. The zero-order valence-electron chi connectivity index (χ0n) is 14.5. The number of carbonyl (C=O) groups is 1. The largest absolute Gasteiger partial charge is 0.379 e. The van der Waals surface area contributed by atoms with E-state index in [1.165, 1.54) is 0 Å². The van der Waals surface area contributed by atoms with Gasteiger partial charge >= 0.3 is 0 Å². The fraction of sp³-hybridized carbons (Fsp3) is 0.611. The summed E-state index contributed by atoms with van der Waals surface area (Å²) >= 11 is 0. The Balaban J connectivity index is 1.76. The van der Waals surface area contributed by atoms with Gasteiger partial charge in [-0.1, -0.05) is 24.3 Å². The van der Waals surface area contributed by atoms with Crippen molar-refractivity contribution in [3.05, 3.63) is 35.4 Å². The third kappa shape index (κ3) is 6.20. The van der Waals surface area contributed by atoms with E-state index in [0.717, 1.165) is 11.1 Å². The molecule has 0 aliphatic carbocycles. The monoisotopic (exact) mass is 336 g/mol. The number of morpholine rings is 1. The number of benzene rings is 1. The highest BCUT2D eigenvalue weighted by Gasteiger charge is 2.27. The lowest BCUT2D eigenvalue weighted by molar-refractivity contribution is -0.129. The van der Waals surface area contributed by atoms with E-state index in [-0.39, 0.29) is 18.1 Å². The van der Waals surface area contributed by atoms with Crippen molar-refractivity contribution in [1.29, 1.82) is 0 Å². The van der Waals surface area contributed by atoms with Gasteiger partial charge in [0, 0.05) is 19.7 Å². The minimum absolute atomic E-state index is 0.0273.